The topological polar surface area (TPSA) is 85.8 Å². The lowest BCUT2D eigenvalue weighted by atomic mass is 10.1. The number of nitrogens with one attached hydrogen (secondary N) is 2. The lowest BCUT2D eigenvalue weighted by molar-refractivity contribution is -0.127. The number of aliphatic imine (C=N–C) groups is 1. The van der Waals surface area contributed by atoms with Crippen molar-refractivity contribution < 1.29 is 4.79 Å². The number of nitrogens with zero attached hydrogens (tertiary/aromatic N) is 5. The molecule has 3 rings (SSSR count). The predicted molar refractivity (Wildman–Crippen MR) is 130 cm³/mol. The van der Waals surface area contributed by atoms with Crippen molar-refractivity contribution in [2.75, 3.05) is 38.6 Å². The van der Waals surface area contributed by atoms with E-state index in [-0.39, 0.29) is 42.5 Å². The lowest BCUT2D eigenvalue weighted by Crippen LogP contribution is -2.50. The Hall–Kier alpha value is -2.43. The van der Waals surface area contributed by atoms with E-state index in [9.17, 15) is 4.79 Å². The van der Waals surface area contributed by atoms with Crippen LogP contribution in [0.25, 0.3) is 0 Å². The molecule has 2 N–H and O–H groups in total. The van der Waals surface area contributed by atoms with Gasteiger partial charge in [0.15, 0.2) is 5.96 Å². The van der Waals surface area contributed by atoms with E-state index >= 15 is 0 Å². The monoisotopic (exact) mass is 523 g/mol. The van der Waals surface area contributed by atoms with Gasteiger partial charge in [-0.1, -0.05) is 30.3 Å². The van der Waals surface area contributed by atoms with E-state index in [4.69, 9.17) is 0 Å². The van der Waals surface area contributed by atoms with Gasteiger partial charge in [0.25, 0.3) is 0 Å². The van der Waals surface area contributed by atoms with Crippen LogP contribution in [0.4, 0.5) is 5.95 Å². The largest absolute Gasteiger partial charge is 0.354 e. The van der Waals surface area contributed by atoms with Crippen molar-refractivity contribution >= 4 is 41.8 Å². The summed E-state index contributed by atoms with van der Waals surface area (Å²) in [4.78, 5) is 29.1. The molecule has 2 heterocycles. The van der Waals surface area contributed by atoms with Crippen LogP contribution in [-0.4, -0.2) is 66.5 Å². The van der Waals surface area contributed by atoms with Gasteiger partial charge in [0.2, 0.25) is 11.9 Å². The van der Waals surface area contributed by atoms with Crippen LogP contribution in [0.15, 0.2) is 53.8 Å². The zero-order valence-electron chi connectivity index (χ0n) is 17.5. The van der Waals surface area contributed by atoms with Gasteiger partial charge >= 0.3 is 0 Å². The average Bonchev–Trinajstić information content (AvgIpc) is 2.77. The van der Waals surface area contributed by atoms with Crippen molar-refractivity contribution in [3.05, 3.63) is 54.4 Å². The third kappa shape index (κ3) is 7.43. The lowest BCUT2D eigenvalue weighted by Gasteiger charge is -2.33. The Bertz CT molecular complexity index is 794. The Morgan fingerprint density at radius 1 is 1.13 bits per heavy atom. The first-order chi connectivity index (χ1) is 14.1. The number of likely N-dealkylation sites (N-methyl/N-ethyl adjacent to an activating group) is 1. The summed E-state index contributed by atoms with van der Waals surface area (Å²) in [5.41, 5.74) is 1.13. The zero-order valence-corrected chi connectivity index (χ0v) is 19.8. The summed E-state index contributed by atoms with van der Waals surface area (Å²) in [6.07, 6.45) is 5.44. The summed E-state index contributed by atoms with van der Waals surface area (Å²) in [5.74, 6) is 1.45. The normalized spacial score (nSPS) is 14.6. The SMILES string of the molecule is CN(C)C(=O)CNC(=NCc1ccccc1)NC1CCN(c2ncccn2)CC1.I. The van der Waals surface area contributed by atoms with E-state index in [1.54, 1.807) is 31.4 Å². The minimum Gasteiger partial charge on any atom is -0.354 e. The smallest absolute Gasteiger partial charge is 0.241 e. The Morgan fingerprint density at radius 2 is 1.80 bits per heavy atom. The molecule has 0 aliphatic carbocycles. The Labute approximate surface area is 195 Å². The quantitative estimate of drug-likeness (QED) is 0.342. The van der Waals surface area contributed by atoms with E-state index in [1.807, 2.05) is 36.4 Å². The highest BCUT2D eigenvalue weighted by molar-refractivity contribution is 14.0. The molecule has 1 aliphatic rings. The number of benzene rings is 1. The van der Waals surface area contributed by atoms with Crippen LogP contribution in [0, 0.1) is 0 Å². The summed E-state index contributed by atoms with van der Waals surface area (Å²) in [7, 11) is 3.50. The summed E-state index contributed by atoms with van der Waals surface area (Å²) < 4.78 is 0. The van der Waals surface area contributed by atoms with Gasteiger partial charge in [-0.15, -0.1) is 24.0 Å². The van der Waals surface area contributed by atoms with Gasteiger partial charge in [0.05, 0.1) is 13.1 Å². The molecule has 1 fully saturated rings. The number of piperidine rings is 1. The highest BCUT2D eigenvalue weighted by atomic mass is 127. The molecule has 0 radical (unpaired) electrons. The van der Waals surface area contributed by atoms with Crippen molar-refractivity contribution in [3.63, 3.8) is 0 Å². The van der Waals surface area contributed by atoms with E-state index in [0.717, 1.165) is 37.4 Å². The molecule has 2 aromatic rings. The number of carbonyl (C=O) groups excluding carboxylic acids is 1. The maximum absolute atomic E-state index is 12.0. The van der Waals surface area contributed by atoms with Crippen LogP contribution in [0.3, 0.4) is 0 Å². The molecule has 0 unspecified atom stereocenters. The molecule has 1 saturated heterocycles. The van der Waals surface area contributed by atoms with Crippen molar-refractivity contribution in [1.82, 2.24) is 25.5 Å². The Morgan fingerprint density at radius 3 is 2.43 bits per heavy atom. The highest BCUT2D eigenvalue weighted by Gasteiger charge is 2.21. The van der Waals surface area contributed by atoms with Gasteiger partial charge in [0.1, 0.15) is 0 Å². The average molecular weight is 523 g/mol. The number of hydrogen-bond donors (Lipinski definition) is 2. The molecular weight excluding hydrogens is 493 g/mol. The number of guanidine groups is 1. The van der Waals surface area contributed by atoms with E-state index in [2.05, 4.69) is 30.5 Å². The maximum atomic E-state index is 12.0. The van der Waals surface area contributed by atoms with Crippen LogP contribution in [0.1, 0.15) is 18.4 Å². The molecule has 0 bridgehead atoms. The molecule has 1 aromatic carbocycles. The molecule has 1 aliphatic heterocycles. The maximum Gasteiger partial charge on any atom is 0.241 e. The fourth-order valence-corrected chi connectivity index (χ4v) is 3.10. The van der Waals surface area contributed by atoms with E-state index in [1.165, 1.54) is 0 Å². The second kappa shape index (κ2) is 12.3. The molecule has 0 atom stereocenters. The van der Waals surface area contributed by atoms with Crippen LogP contribution in [0.2, 0.25) is 0 Å². The van der Waals surface area contributed by atoms with Crippen molar-refractivity contribution in [3.8, 4) is 0 Å². The second-order valence-corrected chi connectivity index (χ2v) is 7.25. The fourth-order valence-electron chi connectivity index (χ4n) is 3.10. The minimum atomic E-state index is 0. The third-order valence-electron chi connectivity index (χ3n) is 4.84. The highest BCUT2D eigenvalue weighted by Crippen LogP contribution is 2.15. The van der Waals surface area contributed by atoms with Crippen LogP contribution >= 0.6 is 24.0 Å². The molecule has 1 amide bonds. The molecule has 8 nitrogen and oxygen atoms in total. The number of halogens is 1. The number of aromatic nitrogens is 2. The summed E-state index contributed by atoms with van der Waals surface area (Å²) >= 11 is 0. The van der Waals surface area contributed by atoms with Gasteiger partial charge in [0, 0.05) is 45.6 Å². The number of amides is 1. The molecule has 162 valence electrons. The van der Waals surface area contributed by atoms with Crippen molar-refractivity contribution in [2.45, 2.75) is 25.4 Å². The Kier molecular flexibility index (Phi) is 9.78. The number of hydrogen-bond acceptors (Lipinski definition) is 5. The standard InChI is InChI=1S/C21H29N7O.HI/c1-27(2)19(29)16-25-20(24-15-17-7-4-3-5-8-17)26-18-9-13-28(14-10-18)21-22-11-6-12-23-21;/h3-8,11-12,18H,9-10,13-16H2,1-2H3,(H2,24,25,26);1H. The first-order valence-electron chi connectivity index (χ1n) is 9.92. The fraction of sp³-hybridized carbons (Fsp3) is 0.429. The van der Waals surface area contributed by atoms with Gasteiger partial charge in [-0.25, -0.2) is 15.0 Å². The first kappa shape index (κ1) is 23.8. The van der Waals surface area contributed by atoms with Crippen LogP contribution in [0.5, 0.6) is 0 Å². The number of anilines is 1. The minimum absolute atomic E-state index is 0. The third-order valence-corrected chi connectivity index (χ3v) is 4.84. The van der Waals surface area contributed by atoms with Crippen LogP contribution < -0.4 is 15.5 Å². The summed E-state index contributed by atoms with van der Waals surface area (Å²) in [6.45, 7) is 2.53. The zero-order chi connectivity index (χ0) is 20.5. The molecule has 30 heavy (non-hydrogen) atoms. The number of carbonyl (C=O) groups is 1. The molecule has 1 aromatic heterocycles. The van der Waals surface area contributed by atoms with Gasteiger partial charge < -0.3 is 20.4 Å². The molecule has 0 saturated carbocycles. The molecule has 9 heteroatoms. The Balaban J connectivity index is 0.00000320. The van der Waals surface area contributed by atoms with Crippen molar-refractivity contribution in [1.29, 1.82) is 0 Å². The van der Waals surface area contributed by atoms with Gasteiger partial charge in [-0.3, -0.25) is 4.79 Å². The summed E-state index contributed by atoms with van der Waals surface area (Å²) in [5, 5.41) is 6.66. The van der Waals surface area contributed by atoms with Gasteiger partial charge in [-0.2, -0.15) is 0 Å². The number of rotatable bonds is 6. The summed E-state index contributed by atoms with van der Waals surface area (Å²) in [6, 6.07) is 12.2. The van der Waals surface area contributed by atoms with E-state index < -0.39 is 0 Å². The molecule has 0 spiro atoms. The second-order valence-electron chi connectivity index (χ2n) is 7.25. The van der Waals surface area contributed by atoms with Crippen LogP contribution in [-0.2, 0) is 11.3 Å². The molecular formula is C21H30IN7O. The predicted octanol–water partition coefficient (Wildman–Crippen LogP) is 1.89. The van der Waals surface area contributed by atoms with Gasteiger partial charge in [-0.05, 0) is 24.5 Å². The first-order valence-corrected chi connectivity index (χ1v) is 9.92. The van der Waals surface area contributed by atoms with E-state index in [0.29, 0.717) is 12.5 Å². The van der Waals surface area contributed by atoms with Crippen molar-refractivity contribution in [2.24, 2.45) is 4.99 Å².